The third kappa shape index (κ3) is 4.63. The van der Waals surface area contributed by atoms with E-state index in [4.69, 9.17) is 14.0 Å². The minimum absolute atomic E-state index is 0.0781. The van der Waals surface area contributed by atoms with E-state index in [1.54, 1.807) is 31.4 Å². The van der Waals surface area contributed by atoms with Crippen molar-refractivity contribution in [3.8, 4) is 22.8 Å². The smallest absolute Gasteiger partial charge is 0.258 e. The Hall–Kier alpha value is -3.28. The molecule has 0 saturated heterocycles. The number of nitrogens with one attached hydrogen (secondary N) is 1. The van der Waals surface area contributed by atoms with Crippen LogP contribution in [0.3, 0.4) is 0 Å². The molecular weight excluding hydrogens is 332 g/mol. The standard InChI is InChI=1S/C20H20N2O4/c1-14-3-5-15(6-4-14)19-11-18(26-22-19)12-21-20(23)13-25-17-9-7-16(24-2)8-10-17/h3-11H,12-13H2,1-2H3,(H,21,23). The van der Waals surface area contributed by atoms with E-state index in [0.29, 0.717) is 11.5 Å². The van der Waals surface area contributed by atoms with Crippen LogP contribution >= 0.6 is 0 Å². The highest BCUT2D eigenvalue weighted by atomic mass is 16.5. The van der Waals surface area contributed by atoms with Crippen molar-refractivity contribution >= 4 is 5.91 Å². The SMILES string of the molecule is COc1ccc(OCC(=O)NCc2cc(-c3ccc(C)cc3)no2)cc1. The zero-order valence-corrected chi connectivity index (χ0v) is 14.7. The fourth-order valence-electron chi connectivity index (χ4n) is 2.31. The number of aryl methyl sites for hydroxylation is 1. The van der Waals surface area contributed by atoms with Crippen LogP contribution in [0.4, 0.5) is 0 Å². The van der Waals surface area contributed by atoms with Gasteiger partial charge in [-0.15, -0.1) is 0 Å². The van der Waals surface area contributed by atoms with E-state index in [1.165, 1.54) is 5.56 Å². The summed E-state index contributed by atoms with van der Waals surface area (Å²) < 4.78 is 15.8. The molecule has 0 unspecified atom stereocenters. The van der Waals surface area contributed by atoms with Crippen molar-refractivity contribution in [1.82, 2.24) is 10.5 Å². The fraction of sp³-hybridized carbons (Fsp3) is 0.200. The Labute approximate surface area is 151 Å². The summed E-state index contributed by atoms with van der Waals surface area (Å²) >= 11 is 0. The van der Waals surface area contributed by atoms with Crippen molar-refractivity contribution in [3.63, 3.8) is 0 Å². The molecule has 0 bridgehead atoms. The predicted molar refractivity (Wildman–Crippen MR) is 97.0 cm³/mol. The highest BCUT2D eigenvalue weighted by molar-refractivity contribution is 5.77. The first-order chi connectivity index (χ1) is 12.6. The largest absolute Gasteiger partial charge is 0.497 e. The van der Waals surface area contributed by atoms with Gasteiger partial charge in [0.15, 0.2) is 12.4 Å². The van der Waals surface area contributed by atoms with Crippen molar-refractivity contribution in [1.29, 1.82) is 0 Å². The van der Waals surface area contributed by atoms with Crippen LogP contribution < -0.4 is 14.8 Å². The molecular formula is C20H20N2O4. The molecule has 2 aromatic carbocycles. The van der Waals surface area contributed by atoms with E-state index in [2.05, 4.69) is 10.5 Å². The van der Waals surface area contributed by atoms with E-state index < -0.39 is 0 Å². The molecule has 1 aromatic heterocycles. The zero-order valence-electron chi connectivity index (χ0n) is 14.7. The molecule has 6 heteroatoms. The van der Waals surface area contributed by atoms with Gasteiger partial charge in [-0.05, 0) is 31.2 Å². The lowest BCUT2D eigenvalue weighted by Gasteiger charge is -2.07. The molecule has 3 rings (SSSR count). The van der Waals surface area contributed by atoms with Crippen LogP contribution in [0.2, 0.25) is 0 Å². The lowest BCUT2D eigenvalue weighted by Crippen LogP contribution is -2.28. The summed E-state index contributed by atoms with van der Waals surface area (Å²) in [5.41, 5.74) is 2.89. The summed E-state index contributed by atoms with van der Waals surface area (Å²) in [6, 6.07) is 16.9. The van der Waals surface area contributed by atoms with Gasteiger partial charge < -0.3 is 19.3 Å². The van der Waals surface area contributed by atoms with Crippen LogP contribution in [0.5, 0.6) is 11.5 Å². The van der Waals surface area contributed by atoms with Gasteiger partial charge in [-0.25, -0.2) is 0 Å². The maximum Gasteiger partial charge on any atom is 0.258 e. The third-order valence-electron chi connectivity index (χ3n) is 3.80. The molecule has 134 valence electrons. The van der Waals surface area contributed by atoms with Crippen molar-refractivity contribution in [2.75, 3.05) is 13.7 Å². The van der Waals surface area contributed by atoms with E-state index in [0.717, 1.165) is 17.0 Å². The Morgan fingerprint density at radius 2 is 1.77 bits per heavy atom. The molecule has 0 radical (unpaired) electrons. The summed E-state index contributed by atoms with van der Waals surface area (Å²) in [6.45, 7) is 2.20. The summed E-state index contributed by atoms with van der Waals surface area (Å²) in [6.07, 6.45) is 0. The van der Waals surface area contributed by atoms with Gasteiger partial charge in [0.05, 0.1) is 13.7 Å². The molecule has 26 heavy (non-hydrogen) atoms. The van der Waals surface area contributed by atoms with Gasteiger partial charge in [-0.2, -0.15) is 0 Å². The quantitative estimate of drug-likeness (QED) is 0.706. The Morgan fingerprint density at radius 3 is 2.46 bits per heavy atom. The number of rotatable bonds is 7. The Morgan fingerprint density at radius 1 is 1.08 bits per heavy atom. The number of nitrogens with zero attached hydrogens (tertiary/aromatic N) is 1. The summed E-state index contributed by atoms with van der Waals surface area (Å²) in [7, 11) is 1.59. The molecule has 0 saturated carbocycles. The first-order valence-corrected chi connectivity index (χ1v) is 8.20. The predicted octanol–water partition coefficient (Wildman–Crippen LogP) is 3.35. The van der Waals surface area contributed by atoms with Crippen LogP contribution in [0.25, 0.3) is 11.3 Å². The first-order valence-electron chi connectivity index (χ1n) is 8.20. The van der Waals surface area contributed by atoms with E-state index in [9.17, 15) is 4.79 Å². The number of ether oxygens (including phenoxy) is 2. The normalized spacial score (nSPS) is 10.4. The highest BCUT2D eigenvalue weighted by Crippen LogP contribution is 2.19. The molecule has 1 N–H and O–H groups in total. The summed E-state index contributed by atoms with van der Waals surface area (Å²) in [4.78, 5) is 11.9. The van der Waals surface area contributed by atoms with Crippen LogP contribution in [-0.2, 0) is 11.3 Å². The molecule has 3 aromatic rings. The number of methoxy groups -OCH3 is 1. The molecule has 1 amide bonds. The highest BCUT2D eigenvalue weighted by Gasteiger charge is 2.09. The fourth-order valence-corrected chi connectivity index (χ4v) is 2.31. The number of aromatic nitrogens is 1. The van der Waals surface area contributed by atoms with Crippen molar-refractivity contribution in [2.24, 2.45) is 0 Å². The van der Waals surface area contributed by atoms with Crippen LogP contribution in [0.1, 0.15) is 11.3 Å². The van der Waals surface area contributed by atoms with Gasteiger partial charge in [-0.3, -0.25) is 4.79 Å². The molecule has 0 aliphatic rings. The van der Waals surface area contributed by atoms with Crippen LogP contribution in [-0.4, -0.2) is 24.8 Å². The van der Waals surface area contributed by atoms with Crippen LogP contribution in [0, 0.1) is 6.92 Å². The maximum atomic E-state index is 11.9. The number of benzene rings is 2. The van der Waals surface area contributed by atoms with E-state index in [-0.39, 0.29) is 19.1 Å². The van der Waals surface area contributed by atoms with Crippen molar-refractivity contribution in [3.05, 3.63) is 65.9 Å². The minimum Gasteiger partial charge on any atom is -0.497 e. The summed E-state index contributed by atoms with van der Waals surface area (Å²) in [5, 5.41) is 6.78. The van der Waals surface area contributed by atoms with Crippen molar-refractivity contribution in [2.45, 2.75) is 13.5 Å². The molecule has 0 aliphatic carbocycles. The Balaban J connectivity index is 1.47. The second kappa shape index (κ2) is 8.20. The minimum atomic E-state index is -0.242. The first kappa shape index (κ1) is 17.5. The average molecular weight is 352 g/mol. The molecule has 0 fully saturated rings. The van der Waals surface area contributed by atoms with Gasteiger partial charge in [0.1, 0.15) is 17.2 Å². The number of hydrogen-bond acceptors (Lipinski definition) is 5. The van der Waals surface area contributed by atoms with Gasteiger partial charge in [0.25, 0.3) is 5.91 Å². The average Bonchev–Trinajstić information content (AvgIpc) is 3.14. The van der Waals surface area contributed by atoms with Gasteiger partial charge >= 0.3 is 0 Å². The number of carbonyl (C=O) groups excluding carboxylic acids is 1. The van der Waals surface area contributed by atoms with E-state index in [1.807, 2.05) is 37.3 Å². The molecule has 6 nitrogen and oxygen atoms in total. The van der Waals surface area contributed by atoms with Gasteiger partial charge in [0.2, 0.25) is 0 Å². The topological polar surface area (TPSA) is 73.6 Å². The number of carbonyl (C=O) groups is 1. The molecule has 1 heterocycles. The van der Waals surface area contributed by atoms with Crippen LogP contribution in [0.15, 0.2) is 59.1 Å². The van der Waals surface area contributed by atoms with Gasteiger partial charge in [0, 0.05) is 11.6 Å². The third-order valence-corrected chi connectivity index (χ3v) is 3.80. The second-order valence-electron chi connectivity index (χ2n) is 5.79. The van der Waals surface area contributed by atoms with Crippen molar-refractivity contribution < 1.29 is 18.8 Å². The lowest BCUT2D eigenvalue weighted by atomic mass is 10.1. The maximum absolute atomic E-state index is 11.9. The molecule has 0 aliphatic heterocycles. The Kier molecular flexibility index (Phi) is 5.53. The molecule has 0 spiro atoms. The Bertz CT molecular complexity index is 854. The van der Waals surface area contributed by atoms with E-state index >= 15 is 0 Å². The molecule has 0 atom stereocenters. The monoisotopic (exact) mass is 352 g/mol. The van der Waals surface area contributed by atoms with Gasteiger partial charge in [-0.1, -0.05) is 35.0 Å². The number of hydrogen-bond donors (Lipinski definition) is 1. The second-order valence-corrected chi connectivity index (χ2v) is 5.79. The zero-order chi connectivity index (χ0) is 18.4. The number of amides is 1. The lowest BCUT2D eigenvalue weighted by molar-refractivity contribution is -0.123. The summed E-state index contributed by atoms with van der Waals surface area (Å²) in [5.74, 6) is 1.67.